The van der Waals surface area contributed by atoms with Crippen molar-refractivity contribution in [3.8, 4) is 5.75 Å². The number of carbonyl (C=O) groups is 1. The summed E-state index contributed by atoms with van der Waals surface area (Å²) in [6, 6.07) is 10.1. The standard InChI is InChI=1S/C22H15FN2O4S/c1-2-28-14-5-3-4-12(10-14)18-17-19(26)15-11-13(23)6-7-16(15)29-20(17)21(27)25(18)22-24-8-9-30-22/h3-11,18H,2H2,1H3. The average Bonchev–Trinajstić information content (AvgIpc) is 3.36. The number of nitrogens with zero attached hydrogens (tertiary/aromatic N) is 2. The molecule has 0 spiro atoms. The zero-order valence-corrected chi connectivity index (χ0v) is 16.6. The zero-order chi connectivity index (χ0) is 20.8. The number of hydrogen-bond acceptors (Lipinski definition) is 6. The summed E-state index contributed by atoms with van der Waals surface area (Å²) in [4.78, 5) is 32.4. The van der Waals surface area contributed by atoms with Gasteiger partial charge in [-0.05, 0) is 42.8 Å². The monoisotopic (exact) mass is 422 g/mol. The molecule has 6 nitrogen and oxygen atoms in total. The predicted octanol–water partition coefficient (Wildman–Crippen LogP) is 4.54. The summed E-state index contributed by atoms with van der Waals surface area (Å²) in [5.74, 6) is -0.451. The van der Waals surface area contributed by atoms with Crippen molar-refractivity contribution in [1.82, 2.24) is 4.98 Å². The quantitative estimate of drug-likeness (QED) is 0.483. The molecule has 0 radical (unpaired) electrons. The fourth-order valence-corrected chi connectivity index (χ4v) is 4.40. The molecule has 1 unspecified atom stereocenters. The number of fused-ring (bicyclic) bond motifs is 2. The highest BCUT2D eigenvalue weighted by atomic mass is 32.1. The Morgan fingerprint density at radius 1 is 1.23 bits per heavy atom. The van der Waals surface area contributed by atoms with Gasteiger partial charge in [0.2, 0.25) is 5.76 Å². The summed E-state index contributed by atoms with van der Waals surface area (Å²) in [5, 5.41) is 2.28. The molecule has 1 atom stereocenters. The highest BCUT2D eigenvalue weighted by Crippen LogP contribution is 2.42. The Balaban J connectivity index is 1.80. The third-order valence-electron chi connectivity index (χ3n) is 4.94. The summed E-state index contributed by atoms with van der Waals surface area (Å²) in [7, 11) is 0. The normalized spacial score (nSPS) is 15.6. The first-order chi connectivity index (χ1) is 14.6. The van der Waals surface area contributed by atoms with E-state index >= 15 is 0 Å². The summed E-state index contributed by atoms with van der Waals surface area (Å²) in [6.07, 6.45) is 1.59. The lowest BCUT2D eigenvalue weighted by atomic mass is 9.98. The molecule has 1 amide bonds. The first kappa shape index (κ1) is 18.5. The highest BCUT2D eigenvalue weighted by molar-refractivity contribution is 7.13. The van der Waals surface area contributed by atoms with Crippen molar-refractivity contribution in [2.75, 3.05) is 11.5 Å². The van der Waals surface area contributed by atoms with Gasteiger partial charge in [-0.1, -0.05) is 12.1 Å². The second kappa shape index (κ2) is 7.07. The lowest BCUT2D eigenvalue weighted by Gasteiger charge is -2.22. The number of benzene rings is 2. The fraction of sp³-hybridized carbons (Fsp3) is 0.136. The Morgan fingerprint density at radius 2 is 2.10 bits per heavy atom. The Hall–Kier alpha value is -3.52. The second-order valence-corrected chi connectivity index (χ2v) is 7.59. The Labute approximate surface area is 174 Å². The van der Waals surface area contributed by atoms with Crippen LogP contribution in [0, 0.1) is 5.82 Å². The molecule has 2 aromatic heterocycles. The van der Waals surface area contributed by atoms with Crippen LogP contribution in [0.5, 0.6) is 5.75 Å². The van der Waals surface area contributed by atoms with Crippen LogP contribution in [0.3, 0.4) is 0 Å². The molecule has 0 N–H and O–H groups in total. The molecule has 1 aliphatic rings. The van der Waals surface area contributed by atoms with E-state index in [0.29, 0.717) is 23.1 Å². The van der Waals surface area contributed by atoms with Gasteiger partial charge in [-0.2, -0.15) is 0 Å². The second-order valence-electron chi connectivity index (χ2n) is 6.71. The number of anilines is 1. The van der Waals surface area contributed by atoms with Crippen LogP contribution in [0.4, 0.5) is 9.52 Å². The minimum absolute atomic E-state index is 0.0545. The first-order valence-corrected chi connectivity index (χ1v) is 10.2. The maximum atomic E-state index is 13.8. The molecule has 1 aliphatic heterocycles. The number of rotatable bonds is 4. The molecule has 150 valence electrons. The smallest absolute Gasteiger partial charge is 0.297 e. The van der Waals surface area contributed by atoms with E-state index in [-0.39, 0.29) is 22.3 Å². The molecular formula is C22H15FN2O4S. The average molecular weight is 422 g/mol. The molecule has 4 aromatic rings. The van der Waals surface area contributed by atoms with Gasteiger partial charge >= 0.3 is 0 Å². The fourth-order valence-electron chi connectivity index (χ4n) is 3.73. The maximum absolute atomic E-state index is 13.8. The van der Waals surface area contributed by atoms with Crippen LogP contribution >= 0.6 is 11.3 Å². The summed E-state index contributed by atoms with van der Waals surface area (Å²) in [5.41, 5.74) is 0.564. The van der Waals surface area contributed by atoms with Crippen LogP contribution in [0.1, 0.15) is 34.6 Å². The molecule has 5 rings (SSSR count). The molecule has 0 saturated carbocycles. The minimum Gasteiger partial charge on any atom is -0.494 e. The van der Waals surface area contributed by atoms with Crippen LogP contribution in [-0.4, -0.2) is 17.5 Å². The largest absolute Gasteiger partial charge is 0.494 e. The number of amides is 1. The van der Waals surface area contributed by atoms with E-state index in [2.05, 4.69) is 4.98 Å². The van der Waals surface area contributed by atoms with E-state index in [1.54, 1.807) is 29.8 Å². The van der Waals surface area contributed by atoms with E-state index in [9.17, 15) is 14.0 Å². The maximum Gasteiger partial charge on any atom is 0.297 e. The minimum atomic E-state index is -0.761. The van der Waals surface area contributed by atoms with Crippen LogP contribution in [0.15, 0.2) is 63.3 Å². The van der Waals surface area contributed by atoms with E-state index in [0.717, 1.165) is 6.07 Å². The third-order valence-corrected chi connectivity index (χ3v) is 5.71. The number of thiazole rings is 1. The lowest BCUT2D eigenvalue weighted by Crippen LogP contribution is -2.29. The van der Waals surface area contributed by atoms with E-state index in [4.69, 9.17) is 9.15 Å². The number of halogens is 1. The Morgan fingerprint density at radius 3 is 2.87 bits per heavy atom. The van der Waals surface area contributed by atoms with E-state index < -0.39 is 23.2 Å². The molecule has 8 heteroatoms. The number of ether oxygens (including phenoxy) is 1. The van der Waals surface area contributed by atoms with Crippen LogP contribution in [0.25, 0.3) is 11.0 Å². The van der Waals surface area contributed by atoms with Gasteiger partial charge in [-0.25, -0.2) is 9.37 Å². The van der Waals surface area contributed by atoms with Gasteiger partial charge in [0.05, 0.1) is 23.6 Å². The zero-order valence-electron chi connectivity index (χ0n) is 15.8. The van der Waals surface area contributed by atoms with Gasteiger partial charge in [-0.15, -0.1) is 11.3 Å². The van der Waals surface area contributed by atoms with Crippen molar-refractivity contribution in [2.24, 2.45) is 0 Å². The van der Waals surface area contributed by atoms with Crippen molar-refractivity contribution >= 4 is 33.3 Å². The Kier molecular flexibility index (Phi) is 4.36. The van der Waals surface area contributed by atoms with Gasteiger partial charge < -0.3 is 9.15 Å². The number of hydrogen-bond donors (Lipinski definition) is 0. The van der Waals surface area contributed by atoms with Crippen molar-refractivity contribution < 1.29 is 18.3 Å². The molecule has 3 heterocycles. The highest BCUT2D eigenvalue weighted by Gasteiger charge is 2.44. The molecular weight excluding hydrogens is 407 g/mol. The van der Waals surface area contributed by atoms with E-state index in [1.807, 2.05) is 13.0 Å². The van der Waals surface area contributed by atoms with Crippen molar-refractivity contribution in [3.05, 3.63) is 87.0 Å². The molecule has 0 bridgehead atoms. The Bertz CT molecular complexity index is 1330. The number of aromatic nitrogens is 1. The van der Waals surface area contributed by atoms with Gasteiger partial charge in [0, 0.05) is 11.6 Å². The summed E-state index contributed by atoms with van der Waals surface area (Å²) < 4.78 is 25.2. The molecule has 2 aromatic carbocycles. The van der Waals surface area contributed by atoms with Crippen molar-refractivity contribution in [2.45, 2.75) is 13.0 Å². The molecule has 30 heavy (non-hydrogen) atoms. The third kappa shape index (κ3) is 2.80. The van der Waals surface area contributed by atoms with Crippen molar-refractivity contribution in [3.63, 3.8) is 0 Å². The van der Waals surface area contributed by atoms with Crippen molar-refractivity contribution in [1.29, 1.82) is 0 Å². The summed E-state index contributed by atoms with van der Waals surface area (Å²) >= 11 is 1.28. The van der Waals surface area contributed by atoms with Gasteiger partial charge in [0.15, 0.2) is 10.6 Å². The molecule has 0 aliphatic carbocycles. The van der Waals surface area contributed by atoms with Gasteiger partial charge in [-0.3, -0.25) is 14.5 Å². The summed E-state index contributed by atoms with van der Waals surface area (Å²) in [6.45, 7) is 2.35. The predicted molar refractivity (Wildman–Crippen MR) is 111 cm³/mol. The topological polar surface area (TPSA) is 72.6 Å². The lowest BCUT2D eigenvalue weighted by molar-refractivity contribution is 0.0971. The van der Waals surface area contributed by atoms with E-state index in [1.165, 1.54) is 28.4 Å². The van der Waals surface area contributed by atoms with Gasteiger partial charge in [0.25, 0.3) is 5.91 Å². The van der Waals surface area contributed by atoms with Crippen LogP contribution < -0.4 is 15.1 Å². The molecule has 0 saturated heterocycles. The molecule has 0 fully saturated rings. The van der Waals surface area contributed by atoms with Crippen LogP contribution in [-0.2, 0) is 0 Å². The number of carbonyl (C=O) groups excluding carboxylic acids is 1. The SMILES string of the molecule is CCOc1cccc(C2c3c(oc4ccc(F)cc4c3=O)C(=O)N2c2nccs2)c1. The first-order valence-electron chi connectivity index (χ1n) is 9.30. The van der Waals surface area contributed by atoms with Crippen LogP contribution in [0.2, 0.25) is 0 Å². The van der Waals surface area contributed by atoms with Gasteiger partial charge in [0.1, 0.15) is 17.1 Å².